The summed E-state index contributed by atoms with van der Waals surface area (Å²) >= 11 is 3.28. The fourth-order valence-corrected chi connectivity index (χ4v) is 2.79. The molecule has 1 heterocycles. The van der Waals surface area contributed by atoms with Crippen LogP contribution in [0.25, 0.3) is 0 Å². The average molecular weight is 393 g/mol. The third kappa shape index (κ3) is 4.26. The number of nitrogens with zero attached hydrogens (tertiary/aromatic N) is 1. The Labute approximate surface area is 150 Å². The van der Waals surface area contributed by atoms with Crippen molar-refractivity contribution in [1.82, 2.24) is 4.98 Å². The maximum atomic E-state index is 12.8. The molecule has 1 N–H and O–H groups in total. The van der Waals surface area contributed by atoms with Crippen molar-refractivity contribution in [2.24, 2.45) is 5.92 Å². The highest BCUT2D eigenvalue weighted by Crippen LogP contribution is 2.34. The highest BCUT2D eigenvalue weighted by Gasteiger charge is 2.25. The first-order valence-corrected chi connectivity index (χ1v) is 8.40. The Morgan fingerprint density at radius 2 is 1.83 bits per heavy atom. The number of hydrogen-bond donors (Lipinski definition) is 1. The largest absolute Gasteiger partial charge is 0.493 e. The molecule has 0 saturated heterocycles. The van der Waals surface area contributed by atoms with Gasteiger partial charge < -0.3 is 14.8 Å². The molecule has 0 spiro atoms. The summed E-state index contributed by atoms with van der Waals surface area (Å²) in [6.45, 7) is 4.03. The van der Waals surface area contributed by atoms with Crippen molar-refractivity contribution in [1.29, 1.82) is 0 Å². The van der Waals surface area contributed by atoms with Gasteiger partial charge in [-0.1, -0.05) is 19.9 Å². The van der Waals surface area contributed by atoms with E-state index in [0.29, 0.717) is 17.2 Å². The Balaban J connectivity index is 2.28. The Bertz CT molecular complexity index is 702. The zero-order valence-corrected chi connectivity index (χ0v) is 15.8. The van der Waals surface area contributed by atoms with Crippen LogP contribution in [0.5, 0.6) is 11.5 Å². The molecule has 0 saturated carbocycles. The molecule has 2 rings (SSSR count). The maximum absolute atomic E-state index is 12.8. The highest BCUT2D eigenvalue weighted by molar-refractivity contribution is 9.10. The number of rotatable bonds is 6. The summed E-state index contributed by atoms with van der Waals surface area (Å²) in [4.78, 5) is 16.9. The van der Waals surface area contributed by atoms with Crippen molar-refractivity contribution in [3.05, 3.63) is 46.7 Å². The van der Waals surface area contributed by atoms with Gasteiger partial charge in [0.15, 0.2) is 11.5 Å². The zero-order chi connectivity index (χ0) is 17.7. The van der Waals surface area contributed by atoms with Crippen LogP contribution in [0.1, 0.15) is 25.3 Å². The lowest BCUT2D eigenvalue weighted by atomic mass is 9.87. The monoisotopic (exact) mass is 392 g/mol. The smallest absolute Gasteiger partial charge is 0.232 e. The molecule has 0 aliphatic carbocycles. The lowest BCUT2D eigenvalue weighted by molar-refractivity contribution is -0.118. The van der Waals surface area contributed by atoms with Crippen molar-refractivity contribution in [2.75, 3.05) is 19.5 Å². The number of methoxy groups -OCH3 is 2. The molecule has 1 aromatic heterocycles. The maximum Gasteiger partial charge on any atom is 0.232 e. The van der Waals surface area contributed by atoms with E-state index in [-0.39, 0.29) is 17.7 Å². The minimum Gasteiger partial charge on any atom is -0.493 e. The summed E-state index contributed by atoms with van der Waals surface area (Å²) < 4.78 is 11.3. The number of benzene rings is 1. The number of hydrogen-bond acceptors (Lipinski definition) is 4. The number of carbonyl (C=O) groups is 1. The minimum atomic E-state index is -0.312. The van der Waals surface area contributed by atoms with E-state index < -0.39 is 0 Å². The normalized spacial score (nSPS) is 11.9. The molecule has 0 bridgehead atoms. The van der Waals surface area contributed by atoms with E-state index in [1.807, 2.05) is 32.0 Å². The lowest BCUT2D eigenvalue weighted by Gasteiger charge is -2.22. The number of halogens is 1. The van der Waals surface area contributed by atoms with Gasteiger partial charge >= 0.3 is 0 Å². The van der Waals surface area contributed by atoms with Crippen LogP contribution < -0.4 is 14.8 Å². The van der Waals surface area contributed by atoms with Gasteiger partial charge in [0.2, 0.25) is 5.91 Å². The van der Waals surface area contributed by atoms with Gasteiger partial charge in [0.1, 0.15) is 4.60 Å². The molecule has 1 aromatic carbocycles. The Hall–Kier alpha value is -2.08. The third-order valence-corrected chi connectivity index (χ3v) is 4.18. The number of amides is 1. The standard InChI is InChI=1S/C18H21BrN2O3/c1-11(2)17(12-5-7-14(23-3)15(9-12)24-4)18(22)21-13-6-8-16(19)20-10-13/h5-11,17H,1-4H3,(H,21,22). The number of carbonyl (C=O) groups excluding carboxylic acids is 1. The number of aromatic nitrogens is 1. The Morgan fingerprint density at radius 1 is 1.12 bits per heavy atom. The second-order valence-corrected chi connectivity index (χ2v) is 6.51. The van der Waals surface area contributed by atoms with Crippen LogP contribution in [0.4, 0.5) is 5.69 Å². The Kier molecular flexibility index (Phi) is 6.20. The quantitative estimate of drug-likeness (QED) is 0.746. The molecule has 1 unspecified atom stereocenters. The lowest BCUT2D eigenvalue weighted by Crippen LogP contribution is -2.25. The van der Waals surface area contributed by atoms with Gasteiger partial charge in [0.05, 0.1) is 32.0 Å². The topological polar surface area (TPSA) is 60.5 Å². The van der Waals surface area contributed by atoms with Crippen LogP contribution in [0.2, 0.25) is 0 Å². The van der Waals surface area contributed by atoms with E-state index in [4.69, 9.17) is 9.47 Å². The summed E-state index contributed by atoms with van der Waals surface area (Å²) in [6.07, 6.45) is 1.62. The fraction of sp³-hybridized carbons (Fsp3) is 0.333. The van der Waals surface area contributed by atoms with Crippen LogP contribution in [0.3, 0.4) is 0 Å². The van der Waals surface area contributed by atoms with E-state index in [1.165, 1.54) is 0 Å². The van der Waals surface area contributed by atoms with Crippen LogP contribution in [0, 0.1) is 5.92 Å². The molecule has 0 aliphatic rings. The van der Waals surface area contributed by atoms with E-state index in [1.54, 1.807) is 32.5 Å². The zero-order valence-electron chi connectivity index (χ0n) is 14.2. The molecule has 0 radical (unpaired) electrons. The van der Waals surface area contributed by atoms with Crippen LogP contribution in [-0.2, 0) is 4.79 Å². The predicted octanol–water partition coefficient (Wildman–Crippen LogP) is 4.24. The average Bonchev–Trinajstić information content (AvgIpc) is 2.56. The van der Waals surface area contributed by atoms with Gasteiger partial charge in [0.25, 0.3) is 0 Å². The molecular weight excluding hydrogens is 372 g/mol. The number of nitrogens with one attached hydrogen (secondary N) is 1. The second kappa shape index (κ2) is 8.15. The van der Waals surface area contributed by atoms with E-state index >= 15 is 0 Å². The van der Waals surface area contributed by atoms with Crippen molar-refractivity contribution in [2.45, 2.75) is 19.8 Å². The molecule has 1 amide bonds. The second-order valence-electron chi connectivity index (χ2n) is 5.69. The molecule has 2 aromatic rings. The third-order valence-electron chi connectivity index (χ3n) is 3.71. The summed E-state index contributed by atoms with van der Waals surface area (Å²) in [6, 6.07) is 9.16. The minimum absolute atomic E-state index is 0.0821. The SMILES string of the molecule is COc1ccc(C(C(=O)Nc2ccc(Br)nc2)C(C)C)cc1OC. The van der Waals surface area contributed by atoms with Crippen molar-refractivity contribution in [3.63, 3.8) is 0 Å². The predicted molar refractivity (Wildman–Crippen MR) is 97.7 cm³/mol. The summed E-state index contributed by atoms with van der Waals surface area (Å²) in [5.74, 6) is 0.973. The molecular formula is C18H21BrN2O3. The first-order chi connectivity index (χ1) is 11.5. The van der Waals surface area contributed by atoms with E-state index in [9.17, 15) is 4.79 Å². The number of ether oxygens (including phenoxy) is 2. The van der Waals surface area contributed by atoms with E-state index in [0.717, 1.165) is 10.2 Å². The summed E-state index contributed by atoms with van der Waals surface area (Å²) in [5, 5.41) is 2.92. The van der Waals surface area contributed by atoms with Gasteiger partial charge in [-0.3, -0.25) is 4.79 Å². The highest BCUT2D eigenvalue weighted by atomic mass is 79.9. The van der Waals surface area contributed by atoms with Crippen molar-refractivity contribution < 1.29 is 14.3 Å². The van der Waals surface area contributed by atoms with Gasteiger partial charge in [-0.25, -0.2) is 4.98 Å². The van der Waals surface area contributed by atoms with Crippen molar-refractivity contribution in [3.8, 4) is 11.5 Å². The van der Waals surface area contributed by atoms with Gasteiger partial charge in [-0.2, -0.15) is 0 Å². The summed E-state index contributed by atoms with van der Waals surface area (Å²) in [5.41, 5.74) is 1.54. The molecule has 128 valence electrons. The van der Waals surface area contributed by atoms with Gasteiger partial charge in [-0.05, 0) is 51.7 Å². The number of pyridine rings is 1. The van der Waals surface area contributed by atoms with Gasteiger partial charge in [-0.15, -0.1) is 0 Å². The molecule has 0 fully saturated rings. The fourth-order valence-electron chi connectivity index (χ4n) is 2.56. The first kappa shape index (κ1) is 18.3. The number of anilines is 1. The Morgan fingerprint density at radius 3 is 2.38 bits per heavy atom. The first-order valence-electron chi connectivity index (χ1n) is 7.60. The van der Waals surface area contributed by atoms with Crippen molar-refractivity contribution >= 4 is 27.5 Å². The summed E-state index contributed by atoms with van der Waals surface area (Å²) in [7, 11) is 3.17. The van der Waals surface area contributed by atoms with Crippen LogP contribution in [-0.4, -0.2) is 25.1 Å². The molecule has 5 nitrogen and oxygen atoms in total. The molecule has 6 heteroatoms. The molecule has 1 atom stereocenters. The molecule has 24 heavy (non-hydrogen) atoms. The van der Waals surface area contributed by atoms with Crippen LogP contribution >= 0.6 is 15.9 Å². The van der Waals surface area contributed by atoms with Crippen LogP contribution in [0.15, 0.2) is 41.1 Å². The molecule has 0 aliphatic heterocycles. The van der Waals surface area contributed by atoms with Gasteiger partial charge in [0, 0.05) is 0 Å². The van der Waals surface area contributed by atoms with E-state index in [2.05, 4.69) is 26.2 Å².